The van der Waals surface area contributed by atoms with Crippen molar-refractivity contribution in [1.29, 1.82) is 0 Å². The van der Waals surface area contributed by atoms with Gasteiger partial charge in [-0.05, 0) is 18.2 Å². The molecule has 1 aromatic carbocycles. The third-order valence-electron chi connectivity index (χ3n) is 5.95. The molecule has 0 unspecified atom stereocenters. The highest BCUT2D eigenvalue weighted by Crippen LogP contribution is 2.64. The van der Waals surface area contributed by atoms with Gasteiger partial charge in [-0.25, -0.2) is 4.79 Å². The number of hydrogen-bond donors (Lipinski definition) is 0. The van der Waals surface area contributed by atoms with Crippen LogP contribution in [-0.2, 0) is 16.6 Å². The Morgan fingerprint density at radius 2 is 0.625 bits per heavy atom. The minimum absolute atomic E-state index is 0.00994. The molecule has 0 aromatic heterocycles. The molecule has 280 valence electrons. The van der Waals surface area contributed by atoms with Crippen molar-refractivity contribution < 1.29 is 124 Å². The second-order valence-corrected chi connectivity index (χ2v) is 9.03. The maximum atomic E-state index is 14.6. The summed E-state index contributed by atoms with van der Waals surface area (Å²) in [5.41, 5.74) is -10.1. The molecule has 1 rings (SSSR count). The molecule has 0 aliphatic rings. The molecule has 1 aromatic rings. The van der Waals surface area contributed by atoms with Crippen molar-refractivity contribution in [3.05, 3.63) is 34.9 Å². The van der Waals surface area contributed by atoms with E-state index in [-0.39, 0.29) is 7.11 Å². The number of carbonyl (C=O) groups excluding carboxylic acids is 1. The average Bonchev–Trinajstić information content (AvgIpc) is 2.89. The summed E-state index contributed by atoms with van der Waals surface area (Å²) in [6.07, 6.45) is -15.9. The lowest BCUT2D eigenvalue weighted by atomic mass is 9.86. The van der Waals surface area contributed by atoms with Crippen molar-refractivity contribution >= 4 is 5.97 Å². The van der Waals surface area contributed by atoms with Crippen molar-refractivity contribution in [3.63, 3.8) is 0 Å². The molecule has 0 aliphatic carbocycles. The van der Waals surface area contributed by atoms with Gasteiger partial charge in [0.1, 0.15) is 0 Å². The quantitative estimate of drug-likeness (QED) is 0.166. The zero-order chi connectivity index (χ0) is 39.1. The molecule has 48 heavy (non-hydrogen) atoms. The number of ether oxygens (including phenoxy) is 1. The van der Waals surface area contributed by atoms with Crippen LogP contribution < -0.4 is 0 Å². The highest BCUT2D eigenvalue weighted by atomic mass is 19.4. The number of carbonyl (C=O) groups is 1. The Balaban J connectivity index is 4.20. The van der Waals surface area contributed by atoms with E-state index in [0.29, 0.717) is 0 Å². The van der Waals surface area contributed by atoms with E-state index in [0.717, 1.165) is 0 Å². The summed E-state index contributed by atoms with van der Waals surface area (Å²) in [6.45, 7) is 0. The third-order valence-corrected chi connectivity index (χ3v) is 5.95. The summed E-state index contributed by atoms with van der Waals surface area (Å²) >= 11 is 0. The van der Waals surface area contributed by atoms with Gasteiger partial charge < -0.3 is 4.74 Å². The molecule has 0 saturated heterocycles. The van der Waals surface area contributed by atoms with Crippen LogP contribution in [0.4, 0.5) is 114 Å². The van der Waals surface area contributed by atoms with Crippen LogP contribution in [-0.4, -0.2) is 72.8 Å². The fourth-order valence-electron chi connectivity index (χ4n) is 3.13. The van der Waals surface area contributed by atoms with Crippen molar-refractivity contribution in [2.45, 2.75) is 71.6 Å². The lowest BCUT2D eigenvalue weighted by molar-refractivity contribution is -0.442. The number of rotatable bonds is 11. The van der Waals surface area contributed by atoms with Gasteiger partial charge in [-0.3, -0.25) is 0 Å². The molecule has 28 heteroatoms. The van der Waals surface area contributed by atoms with Crippen LogP contribution in [0.15, 0.2) is 18.2 Å². The van der Waals surface area contributed by atoms with Crippen LogP contribution in [0, 0.1) is 0 Å². The topological polar surface area (TPSA) is 26.3 Å². The van der Waals surface area contributed by atoms with E-state index in [4.69, 9.17) is 0 Å². The standard InChI is InChI=1S/C20H6F26O2/c1-48-8(47)5-2-6(9(21,22)11(25,26)13(29,30)15(33,34)17(37,38)19(41,42)43)4-7(3-5)10(23,24)12(27,28)14(31,32)16(35,36)18(39,40)20(44,45)46/h2-4H,1H3. The molecule has 0 radical (unpaired) electrons. The molecular weight excluding hydrogens is 766 g/mol. The first-order valence-electron chi connectivity index (χ1n) is 10.7. The van der Waals surface area contributed by atoms with E-state index >= 15 is 0 Å². The van der Waals surface area contributed by atoms with Crippen LogP contribution in [0.2, 0.25) is 0 Å². The van der Waals surface area contributed by atoms with Gasteiger partial charge in [0.25, 0.3) is 0 Å². The molecule has 0 bridgehead atoms. The largest absolute Gasteiger partial charge is 0.465 e. The molecule has 0 amide bonds. The predicted molar refractivity (Wildman–Crippen MR) is 97.3 cm³/mol. The summed E-state index contributed by atoms with van der Waals surface area (Å²) in [6, 6.07) is -4.56. The first-order chi connectivity index (χ1) is 20.6. The summed E-state index contributed by atoms with van der Waals surface area (Å²) in [4.78, 5) is 11.6. The van der Waals surface area contributed by atoms with Gasteiger partial charge in [-0.1, -0.05) is 0 Å². The van der Waals surface area contributed by atoms with E-state index in [1.54, 1.807) is 0 Å². The maximum absolute atomic E-state index is 14.6. The number of halogens is 26. The minimum atomic E-state index is -8.73. The Morgan fingerprint density at radius 1 is 0.396 bits per heavy atom. The number of benzene rings is 1. The van der Waals surface area contributed by atoms with E-state index in [2.05, 4.69) is 4.74 Å². The summed E-state index contributed by atoms with van der Waals surface area (Å²) in [5.74, 6) is -86.6. The first-order valence-corrected chi connectivity index (χ1v) is 10.7. The van der Waals surface area contributed by atoms with E-state index < -0.39 is 112 Å². The lowest BCUT2D eigenvalue weighted by Crippen LogP contribution is -2.69. The fraction of sp³-hybridized carbons (Fsp3) is 0.650. The second-order valence-electron chi connectivity index (χ2n) is 9.03. The van der Waals surface area contributed by atoms with Crippen LogP contribution in [0.5, 0.6) is 0 Å². The average molecular weight is 772 g/mol. The van der Waals surface area contributed by atoms with Gasteiger partial charge in [-0.15, -0.1) is 0 Å². The molecule has 0 aliphatic heterocycles. The van der Waals surface area contributed by atoms with Crippen LogP contribution >= 0.6 is 0 Å². The molecule has 2 nitrogen and oxygen atoms in total. The molecule has 0 atom stereocenters. The van der Waals surface area contributed by atoms with Crippen molar-refractivity contribution in [3.8, 4) is 0 Å². The Kier molecular flexibility index (Phi) is 10.0. The first kappa shape index (κ1) is 42.9. The van der Waals surface area contributed by atoms with Gasteiger partial charge in [0.2, 0.25) is 0 Å². The van der Waals surface area contributed by atoms with Gasteiger partial charge in [0.05, 0.1) is 12.7 Å². The summed E-state index contributed by atoms with van der Waals surface area (Å²) < 4.78 is 354. The monoisotopic (exact) mass is 772 g/mol. The molecule has 0 N–H and O–H groups in total. The van der Waals surface area contributed by atoms with Crippen LogP contribution in [0.25, 0.3) is 0 Å². The second kappa shape index (κ2) is 11.2. The van der Waals surface area contributed by atoms with Crippen molar-refractivity contribution in [2.75, 3.05) is 7.11 Å². The highest BCUT2D eigenvalue weighted by Gasteiger charge is 2.92. The van der Waals surface area contributed by atoms with Crippen LogP contribution in [0.3, 0.4) is 0 Å². The van der Waals surface area contributed by atoms with Gasteiger partial charge in [-0.2, -0.15) is 114 Å². The van der Waals surface area contributed by atoms with E-state index in [1.807, 2.05) is 0 Å². The normalized spacial score (nSPS) is 15.9. The Hall–Kier alpha value is -3.13. The molecular formula is C20H6F26O2. The number of esters is 1. The van der Waals surface area contributed by atoms with E-state index in [9.17, 15) is 119 Å². The van der Waals surface area contributed by atoms with Gasteiger partial charge in [0, 0.05) is 11.1 Å². The number of hydrogen-bond acceptors (Lipinski definition) is 2. The SMILES string of the molecule is COC(=O)c1cc(C(F)(F)C(F)(F)C(F)(F)C(F)(F)C(F)(F)C(F)(F)F)cc(C(F)(F)C(F)(F)C(F)(F)C(F)(F)C(F)(F)C(F)(F)F)c1. The predicted octanol–water partition coefficient (Wildman–Crippen LogP) is 9.86. The zero-order valence-electron chi connectivity index (χ0n) is 21.4. The summed E-state index contributed by atoms with van der Waals surface area (Å²) in [7, 11) is 0.00994. The molecule has 0 fully saturated rings. The Bertz CT molecular complexity index is 1270. The molecule has 0 saturated carbocycles. The Morgan fingerprint density at radius 3 is 0.833 bits per heavy atom. The molecule has 0 heterocycles. The van der Waals surface area contributed by atoms with E-state index in [1.165, 1.54) is 0 Å². The van der Waals surface area contributed by atoms with Crippen molar-refractivity contribution in [2.24, 2.45) is 0 Å². The fourth-order valence-corrected chi connectivity index (χ4v) is 3.13. The van der Waals surface area contributed by atoms with Crippen LogP contribution in [0.1, 0.15) is 21.5 Å². The van der Waals surface area contributed by atoms with Crippen molar-refractivity contribution in [1.82, 2.24) is 0 Å². The molecule has 0 spiro atoms. The minimum Gasteiger partial charge on any atom is -0.465 e. The summed E-state index contributed by atoms with van der Waals surface area (Å²) in [5, 5.41) is 0. The maximum Gasteiger partial charge on any atom is 0.460 e. The van der Waals surface area contributed by atoms with Gasteiger partial charge >= 0.3 is 77.5 Å². The smallest absolute Gasteiger partial charge is 0.460 e. The zero-order valence-corrected chi connectivity index (χ0v) is 21.4. The highest BCUT2D eigenvalue weighted by molar-refractivity contribution is 5.90. The number of methoxy groups -OCH3 is 1. The third kappa shape index (κ3) is 5.50. The Labute approximate surface area is 244 Å². The van der Waals surface area contributed by atoms with Gasteiger partial charge in [0.15, 0.2) is 0 Å². The lowest BCUT2D eigenvalue weighted by Gasteiger charge is -2.40. The number of alkyl halides is 26.